The molecule has 110 valence electrons. The summed E-state index contributed by atoms with van der Waals surface area (Å²) < 4.78 is 5.57. The highest BCUT2D eigenvalue weighted by molar-refractivity contribution is 5.39. The van der Waals surface area contributed by atoms with Crippen LogP contribution in [-0.2, 0) is 13.0 Å². The van der Waals surface area contributed by atoms with E-state index in [4.69, 9.17) is 4.74 Å². The number of fused-ring (bicyclic) bond motifs is 1. The van der Waals surface area contributed by atoms with Gasteiger partial charge in [0.25, 0.3) is 0 Å². The van der Waals surface area contributed by atoms with Crippen LogP contribution in [0.4, 0.5) is 0 Å². The van der Waals surface area contributed by atoms with Crippen LogP contribution in [0.3, 0.4) is 0 Å². The van der Waals surface area contributed by atoms with Gasteiger partial charge in [-0.2, -0.15) is 0 Å². The van der Waals surface area contributed by atoms with Crippen LogP contribution in [-0.4, -0.2) is 49.1 Å². The van der Waals surface area contributed by atoms with Crippen molar-refractivity contribution >= 4 is 0 Å². The number of rotatable bonds is 5. The average molecular weight is 274 g/mol. The van der Waals surface area contributed by atoms with Gasteiger partial charge in [-0.3, -0.25) is 4.90 Å². The molecule has 0 aliphatic carbocycles. The molecule has 1 aromatic carbocycles. The molecule has 20 heavy (non-hydrogen) atoms. The molecule has 0 aromatic heterocycles. The molecule has 3 nitrogen and oxygen atoms in total. The highest BCUT2D eigenvalue weighted by atomic mass is 16.5. The van der Waals surface area contributed by atoms with Gasteiger partial charge in [0.1, 0.15) is 5.75 Å². The van der Waals surface area contributed by atoms with Gasteiger partial charge in [-0.1, -0.05) is 25.5 Å². The number of hydrogen-bond acceptors (Lipinski definition) is 3. The molecule has 3 rings (SSSR count). The summed E-state index contributed by atoms with van der Waals surface area (Å²) in [6.07, 6.45) is 3.72. The third-order valence-corrected chi connectivity index (χ3v) is 4.45. The Hall–Kier alpha value is -1.06. The molecule has 1 fully saturated rings. The summed E-state index contributed by atoms with van der Waals surface area (Å²) in [4.78, 5) is 5.19. The van der Waals surface area contributed by atoms with Gasteiger partial charge in [0.05, 0.1) is 6.61 Å². The van der Waals surface area contributed by atoms with Crippen LogP contribution in [0.2, 0.25) is 0 Å². The molecule has 1 aromatic rings. The zero-order valence-corrected chi connectivity index (χ0v) is 12.6. The first-order chi connectivity index (χ1) is 9.85. The zero-order chi connectivity index (χ0) is 13.8. The highest BCUT2D eigenvalue weighted by Crippen LogP contribution is 2.26. The summed E-state index contributed by atoms with van der Waals surface area (Å²) in [6.45, 7) is 10.4. The third-order valence-electron chi connectivity index (χ3n) is 4.45. The Morgan fingerprint density at radius 1 is 1.10 bits per heavy atom. The van der Waals surface area contributed by atoms with Gasteiger partial charge in [-0.05, 0) is 30.2 Å². The lowest BCUT2D eigenvalue weighted by Crippen LogP contribution is -2.46. The summed E-state index contributed by atoms with van der Waals surface area (Å²) in [6, 6.07) is 6.72. The molecule has 0 radical (unpaired) electrons. The van der Waals surface area contributed by atoms with Crippen LogP contribution in [0.1, 0.15) is 30.9 Å². The standard InChI is InChI=1S/C17H26N2O/c1-2-3-7-18-8-10-19(11-9-18)14-15-4-5-17-16(13-15)6-12-20-17/h4-5,13H,2-3,6-12,14H2,1H3. The number of ether oxygens (including phenoxy) is 1. The lowest BCUT2D eigenvalue weighted by molar-refractivity contribution is 0.126. The molecular formula is C17H26N2O. The molecule has 0 unspecified atom stereocenters. The van der Waals surface area contributed by atoms with Crippen molar-refractivity contribution in [1.29, 1.82) is 0 Å². The van der Waals surface area contributed by atoms with Crippen molar-refractivity contribution in [3.05, 3.63) is 29.3 Å². The van der Waals surface area contributed by atoms with Crippen molar-refractivity contribution in [2.45, 2.75) is 32.7 Å². The van der Waals surface area contributed by atoms with E-state index >= 15 is 0 Å². The Kier molecular flexibility index (Phi) is 4.58. The SMILES string of the molecule is CCCCN1CCN(Cc2ccc3c(c2)CCO3)CC1. The van der Waals surface area contributed by atoms with Gasteiger partial charge in [0.2, 0.25) is 0 Å². The van der Waals surface area contributed by atoms with Gasteiger partial charge < -0.3 is 9.64 Å². The van der Waals surface area contributed by atoms with Crippen molar-refractivity contribution in [2.24, 2.45) is 0 Å². The van der Waals surface area contributed by atoms with E-state index in [1.54, 1.807) is 0 Å². The number of unbranched alkanes of at least 4 members (excludes halogenated alkanes) is 1. The Bertz CT molecular complexity index is 439. The first kappa shape index (κ1) is 13.9. The highest BCUT2D eigenvalue weighted by Gasteiger charge is 2.17. The Morgan fingerprint density at radius 3 is 2.70 bits per heavy atom. The summed E-state index contributed by atoms with van der Waals surface area (Å²) >= 11 is 0. The first-order valence-electron chi connectivity index (χ1n) is 8.04. The predicted molar refractivity (Wildman–Crippen MR) is 82.3 cm³/mol. The molecule has 3 heteroatoms. The molecule has 1 saturated heterocycles. The van der Waals surface area contributed by atoms with Crippen molar-refractivity contribution in [3.63, 3.8) is 0 Å². The van der Waals surface area contributed by atoms with Gasteiger partial charge in [0.15, 0.2) is 0 Å². The molecule has 2 aliphatic heterocycles. The van der Waals surface area contributed by atoms with Crippen LogP contribution < -0.4 is 4.74 Å². The maximum atomic E-state index is 5.57. The summed E-state index contributed by atoms with van der Waals surface area (Å²) in [7, 11) is 0. The number of nitrogens with zero attached hydrogens (tertiary/aromatic N) is 2. The molecular weight excluding hydrogens is 248 g/mol. The summed E-state index contributed by atoms with van der Waals surface area (Å²) in [5.41, 5.74) is 2.83. The van der Waals surface area contributed by atoms with E-state index in [2.05, 4.69) is 34.9 Å². The van der Waals surface area contributed by atoms with E-state index in [0.29, 0.717) is 0 Å². The molecule has 2 heterocycles. The topological polar surface area (TPSA) is 15.7 Å². The normalized spacial score (nSPS) is 19.9. The van der Waals surface area contributed by atoms with E-state index < -0.39 is 0 Å². The van der Waals surface area contributed by atoms with Crippen LogP contribution in [0.25, 0.3) is 0 Å². The molecule has 0 N–H and O–H groups in total. The van der Waals surface area contributed by atoms with Gasteiger partial charge in [-0.25, -0.2) is 0 Å². The van der Waals surface area contributed by atoms with Crippen molar-refractivity contribution in [3.8, 4) is 5.75 Å². The van der Waals surface area contributed by atoms with Crippen LogP contribution in [0.15, 0.2) is 18.2 Å². The van der Waals surface area contributed by atoms with Gasteiger partial charge in [0, 0.05) is 39.1 Å². The number of benzene rings is 1. The molecule has 0 amide bonds. The minimum Gasteiger partial charge on any atom is -0.493 e. The second-order valence-electron chi connectivity index (χ2n) is 6.01. The van der Waals surface area contributed by atoms with E-state index in [0.717, 1.165) is 25.3 Å². The van der Waals surface area contributed by atoms with Crippen molar-refractivity contribution < 1.29 is 4.74 Å². The first-order valence-corrected chi connectivity index (χ1v) is 8.04. The van der Waals surface area contributed by atoms with E-state index in [9.17, 15) is 0 Å². The molecule has 0 atom stereocenters. The van der Waals surface area contributed by atoms with Crippen LogP contribution >= 0.6 is 0 Å². The van der Waals surface area contributed by atoms with Crippen LogP contribution in [0.5, 0.6) is 5.75 Å². The van der Waals surface area contributed by atoms with Crippen molar-refractivity contribution in [1.82, 2.24) is 9.80 Å². The fourth-order valence-corrected chi connectivity index (χ4v) is 3.15. The predicted octanol–water partition coefficient (Wildman–Crippen LogP) is 2.54. The Morgan fingerprint density at radius 2 is 1.90 bits per heavy atom. The molecule has 0 bridgehead atoms. The second kappa shape index (κ2) is 6.59. The maximum Gasteiger partial charge on any atom is 0.122 e. The van der Waals surface area contributed by atoms with Crippen LogP contribution in [0, 0.1) is 0 Å². The average Bonchev–Trinajstić information content (AvgIpc) is 2.94. The minimum absolute atomic E-state index is 0.856. The summed E-state index contributed by atoms with van der Waals surface area (Å²) in [5, 5.41) is 0. The lowest BCUT2D eigenvalue weighted by Gasteiger charge is -2.34. The van der Waals surface area contributed by atoms with Gasteiger partial charge in [-0.15, -0.1) is 0 Å². The monoisotopic (exact) mass is 274 g/mol. The molecule has 0 saturated carbocycles. The molecule has 0 spiro atoms. The fourth-order valence-electron chi connectivity index (χ4n) is 3.15. The number of piperazine rings is 1. The largest absolute Gasteiger partial charge is 0.493 e. The smallest absolute Gasteiger partial charge is 0.122 e. The summed E-state index contributed by atoms with van der Waals surface area (Å²) in [5.74, 6) is 1.10. The lowest BCUT2D eigenvalue weighted by atomic mass is 10.1. The second-order valence-corrected chi connectivity index (χ2v) is 6.01. The van der Waals surface area contributed by atoms with E-state index in [1.165, 1.54) is 56.7 Å². The Labute approximate surface area is 122 Å². The van der Waals surface area contributed by atoms with E-state index in [1.807, 2.05) is 0 Å². The Balaban J connectivity index is 1.50. The fraction of sp³-hybridized carbons (Fsp3) is 0.647. The number of hydrogen-bond donors (Lipinski definition) is 0. The van der Waals surface area contributed by atoms with Crippen molar-refractivity contribution in [2.75, 3.05) is 39.3 Å². The zero-order valence-electron chi connectivity index (χ0n) is 12.6. The minimum atomic E-state index is 0.856. The molecule has 2 aliphatic rings. The van der Waals surface area contributed by atoms with Gasteiger partial charge >= 0.3 is 0 Å². The quantitative estimate of drug-likeness (QED) is 0.820. The maximum absolute atomic E-state index is 5.57. The third kappa shape index (κ3) is 3.33. The van der Waals surface area contributed by atoms with E-state index in [-0.39, 0.29) is 0 Å².